The Bertz CT molecular complexity index is 808. The highest BCUT2D eigenvalue weighted by molar-refractivity contribution is 6.14. The van der Waals surface area contributed by atoms with E-state index in [1.807, 2.05) is 0 Å². The average molecular weight is 311 g/mol. The van der Waals surface area contributed by atoms with E-state index in [1.54, 1.807) is 36.4 Å². The van der Waals surface area contributed by atoms with Gasteiger partial charge in [0, 0.05) is 17.7 Å². The van der Waals surface area contributed by atoms with Gasteiger partial charge < -0.3 is 9.47 Å². The maximum Gasteiger partial charge on any atom is 0.269 e. The van der Waals surface area contributed by atoms with Crippen LogP contribution in [0.4, 0.5) is 5.69 Å². The summed E-state index contributed by atoms with van der Waals surface area (Å²) in [6.45, 7) is 0.162. The minimum Gasteiger partial charge on any atom is -0.497 e. The number of nitro groups is 1. The molecular weight excluding hydrogens is 298 g/mol. The van der Waals surface area contributed by atoms with Crippen LogP contribution < -0.4 is 9.47 Å². The van der Waals surface area contributed by atoms with Crippen molar-refractivity contribution < 1.29 is 19.2 Å². The van der Waals surface area contributed by atoms with Crippen molar-refractivity contribution in [2.45, 2.75) is 0 Å². The molecule has 0 aromatic heterocycles. The number of carbonyl (C=O) groups is 1. The van der Waals surface area contributed by atoms with Crippen molar-refractivity contribution in [3.8, 4) is 11.5 Å². The Kier molecular flexibility index (Phi) is 3.80. The standard InChI is InChI=1S/C17H13NO5/c1-22-14-6-7-16-15(9-14)17(19)12(10-23-16)8-11-2-4-13(5-3-11)18(20)21/h2-9H,10H2,1H3. The molecule has 1 aliphatic rings. The highest BCUT2D eigenvalue weighted by atomic mass is 16.6. The number of ether oxygens (including phenoxy) is 2. The summed E-state index contributed by atoms with van der Waals surface area (Å²) in [5.41, 5.74) is 1.64. The van der Waals surface area contributed by atoms with Crippen LogP contribution in [0.25, 0.3) is 6.08 Å². The zero-order valence-corrected chi connectivity index (χ0v) is 12.3. The molecule has 6 heteroatoms. The molecule has 0 atom stereocenters. The van der Waals surface area contributed by atoms with Gasteiger partial charge in [0.2, 0.25) is 0 Å². The first-order valence-electron chi connectivity index (χ1n) is 6.89. The Morgan fingerprint density at radius 3 is 2.61 bits per heavy atom. The summed E-state index contributed by atoms with van der Waals surface area (Å²) in [6, 6.07) is 11.1. The summed E-state index contributed by atoms with van der Waals surface area (Å²) >= 11 is 0. The number of hydrogen-bond donors (Lipinski definition) is 0. The quantitative estimate of drug-likeness (QED) is 0.494. The van der Waals surface area contributed by atoms with E-state index in [0.717, 1.165) is 0 Å². The zero-order valence-electron chi connectivity index (χ0n) is 12.3. The van der Waals surface area contributed by atoms with Crippen LogP contribution >= 0.6 is 0 Å². The lowest BCUT2D eigenvalue weighted by molar-refractivity contribution is -0.384. The van der Waals surface area contributed by atoms with Crippen LogP contribution in [-0.4, -0.2) is 24.4 Å². The molecule has 0 spiro atoms. The van der Waals surface area contributed by atoms with E-state index in [4.69, 9.17) is 9.47 Å². The number of hydrogen-bond acceptors (Lipinski definition) is 5. The molecule has 0 fully saturated rings. The Labute approximate surface area is 132 Å². The zero-order chi connectivity index (χ0) is 16.4. The highest BCUT2D eigenvalue weighted by Gasteiger charge is 2.24. The Hall–Kier alpha value is -3.15. The van der Waals surface area contributed by atoms with Gasteiger partial charge in [0.1, 0.15) is 18.1 Å². The predicted molar refractivity (Wildman–Crippen MR) is 83.9 cm³/mol. The number of Topliss-reactive ketones (excluding diaryl/α,β-unsaturated/α-hetero) is 1. The second-order valence-corrected chi connectivity index (χ2v) is 5.00. The van der Waals surface area contributed by atoms with Gasteiger partial charge in [-0.2, -0.15) is 0 Å². The number of rotatable bonds is 3. The fourth-order valence-electron chi connectivity index (χ4n) is 2.33. The van der Waals surface area contributed by atoms with E-state index in [9.17, 15) is 14.9 Å². The second kappa shape index (κ2) is 5.92. The molecule has 6 nitrogen and oxygen atoms in total. The second-order valence-electron chi connectivity index (χ2n) is 5.00. The Morgan fingerprint density at radius 2 is 1.96 bits per heavy atom. The van der Waals surface area contributed by atoms with Crippen molar-refractivity contribution in [1.29, 1.82) is 0 Å². The SMILES string of the molecule is COc1ccc2c(c1)C(=O)C(=Cc1ccc([N+](=O)[O-])cc1)CO2. The van der Waals surface area contributed by atoms with E-state index in [-0.39, 0.29) is 18.1 Å². The van der Waals surface area contributed by atoms with Gasteiger partial charge in [-0.1, -0.05) is 0 Å². The van der Waals surface area contributed by atoms with Gasteiger partial charge in [-0.05, 0) is 42.0 Å². The number of ketones is 1. The minimum atomic E-state index is -0.464. The molecule has 0 saturated carbocycles. The first-order chi connectivity index (χ1) is 11.1. The smallest absolute Gasteiger partial charge is 0.269 e. The van der Waals surface area contributed by atoms with Crippen molar-refractivity contribution >= 4 is 17.5 Å². The maximum absolute atomic E-state index is 12.6. The van der Waals surface area contributed by atoms with Crippen LogP contribution in [0.3, 0.4) is 0 Å². The molecule has 116 valence electrons. The molecule has 1 heterocycles. The lowest BCUT2D eigenvalue weighted by Crippen LogP contribution is -2.19. The van der Waals surface area contributed by atoms with E-state index in [0.29, 0.717) is 28.2 Å². The lowest BCUT2D eigenvalue weighted by Gasteiger charge is -2.19. The summed E-state index contributed by atoms with van der Waals surface area (Å²) in [7, 11) is 1.53. The first-order valence-corrected chi connectivity index (χ1v) is 6.89. The van der Waals surface area contributed by atoms with Crippen LogP contribution in [0.15, 0.2) is 48.0 Å². The molecule has 23 heavy (non-hydrogen) atoms. The number of benzene rings is 2. The molecule has 2 aromatic rings. The molecule has 0 amide bonds. The largest absolute Gasteiger partial charge is 0.497 e. The van der Waals surface area contributed by atoms with Crippen molar-refractivity contribution in [3.63, 3.8) is 0 Å². The first kappa shape index (κ1) is 14.8. The Balaban J connectivity index is 1.91. The fourth-order valence-corrected chi connectivity index (χ4v) is 2.33. The number of methoxy groups -OCH3 is 1. The van der Waals surface area contributed by atoms with Gasteiger partial charge in [0.25, 0.3) is 5.69 Å². The molecular formula is C17H13NO5. The van der Waals surface area contributed by atoms with Gasteiger partial charge in [0.05, 0.1) is 17.6 Å². The van der Waals surface area contributed by atoms with Gasteiger partial charge in [-0.15, -0.1) is 0 Å². The van der Waals surface area contributed by atoms with Crippen LogP contribution in [0.1, 0.15) is 15.9 Å². The van der Waals surface area contributed by atoms with Crippen molar-refractivity contribution in [2.24, 2.45) is 0 Å². The summed E-state index contributed by atoms with van der Waals surface area (Å²) < 4.78 is 10.7. The average Bonchev–Trinajstić information content (AvgIpc) is 2.57. The van der Waals surface area contributed by atoms with E-state index in [1.165, 1.54) is 19.2 Å². The van der Waals surface area contributed by atoms with Crippen LogP contribution in [0, 0.1) is 10.1 Å². The van der Waals surface area contributed by atoms with E-state index >= 15 is 0 Å². The molecule has 0 N–H and O–H groups in total. The number of nitrogens with zero attached hydrogens (tertiary/aromatic N) is 1. The summed E-state index contributed by atoms with van der Waals surface area (Å²) in [5.74, 6) is 0.970. The van der Waals surface area contributed by atoms with Crippen molar-refractivity contribution in [1.82, 2.24) is 0 Å². The third-order valence-corrected chi connectivity index (χ3v) is 3.55. The molecule has 2 aromatic carbocycles. The monoisotopic (exact) mass is 311 g/mol. The summed E-state index contributed by atoms with van der Waals surface area (Å²) in [4.78, 5) is 22.7. The van der Waals surface area contributed by atoms with E-state index < -0.39 is 4.92 Å². The summed E-state index contributed by atoms with van der Waals surface area (Å²) in [5, 5.41) is 10.7. The van der Waals surface area contributed by atoms with Crippen LogP contribution in [0.5, 0.6) is 11.5 Å². The van der Waals surface area contributed by atoms with Crippen LogP contribution in [0.2, 0.25) is 0 Å². The highest BCUT2D eigenvalue weighted by Crippen LogP contribution is 2.31. The molecule has 0 bridgehead atoms. The van der Waals surface area contributed by atoms with E-state index in [2.05, 4.69) is 0 Å². The van der Waals surface area contributed by atoms with Crippen LogP contribution in [-0.2, 0) is 0 Å². The number of nitro benzene ring substituents is 1. The molecule has 0 radical (unpaired) electrons. The number of carbonyl (C=O) groups excluding carboxylic acids is 1. The van der Waals surface area contributed by atoms with Gasteiger partial charge in [-0.3, -0.25) is 14.9 Å². The third kappa shape index (κ3) is 2.91. The molecule has 0 aliphatic carbocycles. The van der Waals surface area contributed by atoms with Gasteiger partial charge in [-0.25, -0.2) is 0 Å². The number of fused-ring (bicyclic) bond motifs is 1. The fraction of sp³-hybridized carbons (Fsp3) is 0.118. The molecule has 3 rings (SSSR count). The van der Waals surface area contributed by atoms with Gasteiger partial charge >= 0.3 is 0 Å². The minimum absolute atomic E-state index is 0.00783. The maximum atomic E-state index is 12.6. The van der Waals surface area contributed by atoms with Crippen molar-refractivity contribution in [3.05, 3.63) is 69.3 Å². The third-order valence-electron chi connectivity index (χ3n) is 3.55. The normalized spacial score (nSPS) is 15.0. The summed E-state index contributed by atoms with van der Waals surface area (Å²) in [6.07, 6.45) is 1.68. The number of non-ortho nitro benzene ring substituents is 1. The Morgan fingerprint density at radius 1 is 1.22 bits per heavy atom. The predicted octanol–water partition coefficient (Wildman–Crippen LogP) is 3.26. The van der Waals surface area contributed by atoms with Crippen molar-refractivity contribution in [2.75, 3.05) is 13.7 Å². The topological polar surface area (TPSA) is 78.7 Å². The molecule has 0 unspecified atom stereocenters. The lowest BCUT2D eigenvalue weighted by atomic mass is 9.98. The van der Waals surface area contributed by atoms with Gasteiger partial charge in [0.15, 0.2) is 5.78 Å². The molecule has 1 aliphatic heterocycles. The molecule has 0 saturated heterocycles.